The summed E-state index contributed by atoms with van der Waals surface area (Å²) in [5, 5.41) is 14.4. The third-order valence-electron chi connectivity index (χ3n) is 5.93. The van der Waals surface area contributed by atoms with E-state index in [0.717, 1.165) is 22.5 Å². The largest absolute Gasteiger partial charge is 0.305 e. The van der Waals surface area contributed by atoms with Crippen molar-refractivity contribution >= 4 is 11.7 Å². The second-order valence-electron chi connectivity index (χ2n) is 7.70. The van der Waals surface area contributed by atoms with E-state index in [4.69, 9.17) is 5.10 Å². The van der Waals surface area contributed by atoms with E-state index in [1.54, 1.807) is 33.7 Å². The van der Waals surface area contributed by atoms with Gasteiger partial charge in [-0.2, -0.15) is 10.4 Å². The molecule has 0 unspecified atom stereocenters. The van der Waals surface area contributed by atoms with Gasteiger partial charge in [0.2, 0.25) is 5.91 Å². The molecule has 158 valence electrons. The van der Waals surface area contributed by atoms with Gasteiger partial charge in [-0.25, -0.2) is 9.07 Å². The molecule has 0 spiro atoms. The normalized spacial score (nSPS) is 16.5. The van der Waals surface area contributed by atoms with Crippen LogP contribution >= 0.6 is 0 Å². The first kappa shape index (κ1) is 20.6. The van der Waals surface area contributed by atoms with Crippen LogP contribution in [-0.2, 0) is 4.79 Å². The molecule has 31 heavy (non-hydrogen) atoms. The highest BCUT2D eigenvalue weighted by atomic mass is 19.1. The lowest BCUT2D eigenvalue weighted by Crippen LogP contribution is -2.38. The first-order valence-corrected chi connectivity index (χ1v) is 10.3. The molecule has 0 fully saturated rings. The van der Waals surface area contributed by atoms with Gasteiger partial charge in [-0.3, -0.25) is 9.69 Å². The summed E-state index contributed by atoms with van der Waals surface area (Å²) in [6.45, 7) is 4.37. The monoisotopic (exact) mass is 417 g/mol. The molecule has 7 heteroatoms. The molecule has 1 aliphatic heterocycles. The fourth-order valence-electron chi connectivity index (χ4n) is 4.17. The molecule has 0 saturated heterocycles. The van der Waals surface area contributed by atoms with Crippen molar-refractivity contribution in [2.45, 2.75) is 32.2 Å². The van der Waals surface area contributed by atoms with Crippen LogP contribution < -0.4 is 4.90 Å². The second kappa shape index (κ2) is 8.23. The molecule has 2 aromatic carbocycles. The Kier molecular flexibility index (Phi) is 5.47. The Morgan fingerprint density at radius 2 is 1.90 bits per heavy atom. The number of nitrogens with zero attached hydrogens (tertiary/aromatic N) is 5. The Morgan fingerprint density at radius 1 is 1.23 bits per heavy atom. The minimum Gasteiger partial charge on any atom is -0.305 e. The molecular weight excluding hydrogens is 393 g/mol. The second-order valence-corrected chi connectivity index (χ2v) is 7.70. The van der Waals surface area contributed by atoms with Crippen molar-refractivity contribution in [2.24, 2.45) is 0 Å². The van der Waals surface area contributed by atoms with Crippen molar-refractivity contribution in [1.29, 1.82) is 5.26 Å². The Bertz CT molecular complexity index is 1130. The van der Waals surface area contributed by atoms with Gasteiger partial charge in [0.15, 0.2) is 6.19 Å². The van der Waals surface area contributed by atoms with Crippen molar-refractivity contribution in [3.63, 3.8) is 0 Å². The number of aromatic nitrogens is 2. The third kappa shape index (κ3) is 3.55. The van der Waals surface area contributed by atoms with Crippen LogP contribution in [0.25, 0.3) is 5.69 Å². The van der Waals surface area contributed by atoms with E-state index >= 15 is 0 Å². The number of hydrogen-bond donors (Lipinski definition) is 0. The van der Waals surface area contributed by atoms with Crippen LogP contribution in [-0.4, -0.2) is 34.2 Å². The van der Waals surface area contributed by atoms with Crippen LogP contribution in [0.5, 0.6) is 0 Å². The summed E-state index contributed by atoms with van der Waals surface area (Å²) < 4.78 is 15.4. The number of carbonyl (C=O) groups excluding carboxylic acids is 1. The van der Waals surface area contributed by atoms with Crippen molar-refractivity contribution in [3.8, 4) is 11.9 Å². The van der Waals surface area contributed by atoms with Crippen molar-refractivity contribution in [1.82, 2.24) is 14.7 Å². The van der Waals surface area contributed by atoms with Crippen LogP contribution in [0.2, 0.25) is 0 Å². The molecule has 1 amide bonds. The van der Waals surface area contributed by atoms with Gasteiger partial charge in [0.05, 0.1) is 17.4 Å². The number of carbonyl (C=O) groups is 1. The van der Waals surface area contributed by atoms with Gasteiger partial charge < -0.3 is 4.90 Å². The Balaban J connectivity index is 2.01. The molecule has 2 heterocycles. The first-order valence-electron chi connectivity index (χ1n) is 10.3. The fraction of sp³-hybridized carbons (Fsp3) is 0.292. The van der Waals surface area contributed by atoms with Gasteiger partial charge >= 0.3 is 0 Å². The highest BCUT2D eigenvalue weighted by Gasteiger charge is 2.39. The van der Waals surface area contributed by atoms with E-state index in [0.29, 0.717) is 12.4 Å². The number of nitriles is 1. The minimum atomic E-state index is -0.320. The van der Waals surface area contributed by atoms with Crippen LogP contribution in [0.15, 0.2) is 54.6 Å². The van der Waals surface area contributed by atoms with Gasteiger partial charge in [0.25, 0.3) is 0 Å². The fourth-order valence-corrected chi connectivity index (χ4v) is 4.17. The zero-order chi connectivity index (χ0) is 22.1. The highest BCUT2D eigenvalue weighted by Crippen LogP contribution is 2.45. The lowest BCUT2D eigenvalue weighted by molar-refractivity contribution is -0.119. The molecular formula is C24H24FN5O. The Morgan fingerprint density at radius 3 is 2.52 bits per heavy atom. The summed E-state index contributed by atoms with van der Waals surface area (Å²) >= 11 is 0. The lowest BCUT2D eigenvalue weighted by atomic mass is 9.83. The number of amides is 1. The van der Waals surface area contributed by atoms with Crippen molar-refractivity contribution in [2.75, 3.05) is 18.5 Å². The molecule has 0 radical (unpaired) electrons. The van der Waals surface area contributed by atoms with E-state index in [1.807, 2.05) is 44.2 Å². The minimum absolute atomic E-state index is 0.00533. The van der Waals surface area contributed by atoms with E-state index in [2.05, 4.69) is 6.19 Å². The average Bonchev–Trinajstić information content (AvgIpc) is 3.19. The molecule has 1 aliphatic rings. The van der Waals surface area contributed by atoms with E-state index in [1.165, 1.54) is 12.1 Å². The van der Waals surface area contributed by atoms with E-state index in [9.17, 15) is 14.4 Å². The first-order chi connectivity index (χ1) is 15.0. The third-order valence-corrected chi connectivity index (χ3v) is 5.93. The molecule has 0 bridgehead atoms. The quantitative estimate of drug-likeness (QED) is 0.457. The number of hydrogen-bond acceptors (Lipinski definition) is 4. The molecule has 0 N–H and O–H groups in total. The maximum absolute atomic E-state index is 13.6. The van der Waals surface area contributed by atoms with Gasteiger partial charge in [0, 0.05) is 31.5 Å². The zero-order valence-electron chi connectivity index (χ0n) is 17.8. The van der Waals surface area contributed by atoms with Crippen LogP contribution in [0.1, 0.15) is 49.0 Å². The van der Waals surface area contributed by atoms with Gasteiger partial charge in [-0.15, -0.1) is 0 Å². The number of fused-ring (bicyclic) bond motifs is 1. The maximum atomic E-state index is 13.6. The average molecular weight is 417 g/mol. The molecule has 2 atom stereocenters. The summed E-state index contributed by atoms with van der Waals surface area (Å²) in [5.74, 6) is 0.119. The predicted molar refractivity (Wildman–Crippen MR) is 116 cm³/mol. The molecule has 3 aromatic rings. The Hall–Kier alpha value is -3.66. The lowest BCUT2D eigenvalue weighted by Gasteiger charge is -2.33. The van der Waals surface area contributed by atoms with E-state index in [-0.39, 0.29) is 30.1 Å². The van der Waals surface area contributed by atoms with Crippen LogP contribution in [0, 0.1) is 17.3 Å². The topological polar surface area (TPSA) is 65.2 Å². The number of para-hydroxylation sites is 1. The number of halogens is 1. The summed E-state index contributed by atoms with van der Waals surface area (Å²) in [4.78, 5) is 16.4. The smallest absolute Gasteiger partial charge is 0.229 e. The van der Waals surface area contributed by atoms with Crippen molar-refractivity contribution < 1.29 is 9.18 Å². The number of rotatable bonds is 5. The molecule has 4 rings (SSSR count). The summed E-state index contributed by atoms with van der Waals surface area (Å²) in [6.07, 6.45) is 2.44. The standard InChI is InChI=1S/C24H24FN5O/c1-4-29-21(31)14-20(17-10-12-18(25)13-11-17)22-23(16(2)28(3)15-26)27-30(24(22)29)19-8-6-5-7-9-19/h5-13,16,20H,4,14H2,1-3H3/t16-,20-/m1/s1. The summed E-state index contributed by atoms with van der Waals surface area (Å²) in [6, 6.07) is 15.6. The Labute approximate surface area is 181 Å². The summed E-state index contributed by atoms with van der Waals surface area (Å²) in [5.41, 5.74) is 3.34. The van der Waals surface area contributed by atoms with Gasteiger partial charge in [0.1, 0.15) is 11.6 Å². The van der Waals surface area contributed by atoms with E-state index < -0.39 is 0 Å². The zero-order valence-corrected chi connectivity index (χ0v) is 17.8. The maximum Gasteiger partial charge on any atom is 0.229 e. The molecule has 1 aromatic heterocycles. The highest BCUT2D eigenvalue weighted by molar-refractivity contribution is 5.97. The molecule has 0 aliphatic carbocycles. The van der Waals surface area contributed by atoms with Gasteiger partial charge in [-0.1, -0.05) is 30.3 Å². The van der Waals surface area contributed by atoms with Gasteiger partial charge in [-0.05, 0) is 43.7 Å². The molecule has 0 saturated carbocycles. The molecule has 6 nitrogen and oxygen atoms in total. The van der Waals surface area contributed by atoms with Crippen LogP contribution in [0.3, 0.4) is 0 Å². The number of anilines is 1. The van der Waals surface area contributed by atoms with Crippen LogP contribution in [0.4, 0.5) is 10.2 Å². The number of benzene rings is 2. The van der Waals surface area contributed by atoms with Crippen molar-refractivity contribution in [3.05, 3.63) is 77.2 Å². The predicted octanol–water partition coefficient (Wildman–Crippen LogP) is 4.37. The SMILES string of the molecule is CCN1C(=O)C[C@H](c2ccc(F)cc2)c2c([C@@H](C)N(C)C#N)nn(-c3ccccc3)c21. The summed E-state index contributed by atoms with van der Waals surface area (Å²) in [7, 11) is 1.72.